The molecule has 0 saturated carbocycles. The molecule has 2 rings (SSSR count). The van der Waals surface area contributed by atoms with E-state index in [2.05, 4.69) is 4.74 Å². The average Bonchev–Trinajstić information content (AvgIpc) is 2.61. The van der Waals surface area contributed by atoms with Crippen molar-refractivity contribution in [1.82, 2.24) is 4.90 Å². The molecular weight excluding hydrogens is 229 g/mol. The Kier molecular flexibility index (Phi) is 2.95. The smallest absolute Gasteiger partial charge is 0.411 e. The van der Waals surface area contributed by atoms with E-state index >= 15 is 0 Å². The normalized spacial score (nSPS) is 19.2. The van der Waals surface area contributed by atoms with Gasteiger partial charge in [-0.1, -0.05) is 12.1 Å². The summed E-state index contributed by atoms with van der Waals surface area (Å²) in [6, 6.07) is 4.64. The van der Waals surface area contributed by atoms with Crippen molar-refractivity contribution in [2.24, 2.45) is 0 Å². The van der Waals surface area contributed by atoms with E-state index in [0.29, 0.717) is 5.56 Å². The van der Waals surface area contributed by atoms with Crippen LogP contribution in [-0.4, -0.2) is 34.7 Å². The Morgan fingerprint density at radius 1 is 1.59 bits per heavy atom. The highest BCUT2D eigenvalue weighted by atomic mass is 19.1. The fourth-order valence-corrected chi connectivity index (χ4v) is 1.66. The Morgan fingerprint density at radius 3 is 3.00 bits per heavy atom. The molecule has 90 valence electrons. The molecule has 1 aliphatic heterocycles. The van der Waals surface area contributed by atoms with E-state index in [4.69, 9.17) is 5.11 Å². The monoisotopic (exact) mass is 239 g/mol. The number of carbonyl (C=O) groups is 2. The molecule has 0 bridgehead atoms. The number of carboxylic acids is 1. The third-order valence-electron chi connectivity index (χ3n) is 2.50. The van der Waals surface area contributed by atoms with Crippen molar-refractivity contribution in [3.8, 4) is 0 Å². The molecule has 5 nitrogen and oxygen atoms in total. The number of hydrogen-bond donors (Lipinski definition) is 1. The molecule has 6 heteroatoms. The largest absolute Gasteiger partial charge is 0.480 e. The molecule has 1 amide bonds. The van der Waals surface area contributed by atoms with Gasteiger partial charge in [-0.05, 0) is 17.7 Å². The van der Waals surface area contributed by atoms with Crippen molar-refractivity contribution < 1.29 is 23.8 Å². The molecular formula is C11H10FNO4. The second-order valence-electron chi connectivity index (χ2n) is 3.69. The number of benzene rings is 1. The molecule has 1 N–H and O–H groups in total. The lowest BCUT2D eigenvalue weighted by Gasteiger charge is -2.17. The summed E-state index contributed by atoms with van der Waals surface area (Å²) < 4.78 is 17.6. The van der Waals surface area contributed by atoms with E-state index in [1.165, 1.54) is 18.2 Å². The molecule has 1 unspecified atom stereocenters. The summed E-state index contributed by atoms with van der Waals surface area (Å²) in [5.41, 5.74) is 0.523. The predicted molar refractivity (Wildman–Crippen MR) is 54.7 cm³/mol. The third kappa shape index (κ3) is 2.35. The van der Waals surface area contributed by atoms with Gasteiger partial charge in [0.1, 0.15) is 12.4 Å². The van der Waals surface area contributed by atoms with Gasteiger partial charge >= 0.3 is 12.1 Å². The van der Waals surface area contributed by atoms with Crippen LogP contribution in [0.5, 0.6) is 0 Å². The van der Waals surface area contributed by atoms with Gasteiger partial charge < -0.3 is 9.84 Å². The SMILES string of the molecule is O=C(O)C1COC(=O)N1Cc1cccc(F)c1. The van der Waals surface area contributed by atoms with Gasteiger partial charge in [-0.15, -0.1) is 0 Å². The number of carboxylic acid groups (broad SMARTS) is 1. The van der Waals surface area contributed by atoms with E-state index in [0.717, 1.165) is 4.90 Å². The van der Waals surface area contributed by atoms with Crippen molar-refractivity contribution in [3.63, 3.8) is 0 Å². The lowest BCUT2D eigenvalue weighted by molar-refractivity contribution is -0.141. The van der Waals surface area contributed by atoms with Crippen molar-refractivity contribution in [3.05, 3.63) is 35.6 Å². The van der Waals surface area contributed by atoms with Gasteiger partial charge in [0.15, 0.2) is 6.04 Å². The average molecular weight is 239 g/mol. The van der Waals surface area contributed by atoms with Crippen LogP contribution in [-0.2, 0) is 16.1 Å². The van der Waals surface area contributed by atoms with Crippen LogP contribution in [0.25, 0.3) is 0 Å². The van der Waals surface area contributed by atoms with Crippen LogP contribution in [0.15, 0.2) is 24.3 Å². The molecule has 1 saturated heterocycles. The van der Waals surface area contributed by atoms with Gasteiger partial charge in [-0.2, -0.15) is 0 Å². The van der Waals surface area contributed by atoms with E-state index in [9.17, 15) is 14.0 Å². The summed E-state index contributed by atoms with van der Waals surface area (Å²) in [5, 5.41) is 8.89. The summed E-state index contributed by atoms with van der Waals surface area (Å²) in [4.78, 5) is 23.3. The van der Waals surface area contributed by atoms with Crippen molar-refractivity contribution in [2.45, 2.75) is 12.6 Å². The van der Waals surface area contributed by atoms with E-state index in [-0.39, 0.29) is 13.2 Å². The fraction of sp³-hybridized carbons (Fsp3) is 0.273. The molecule has 0 aliphatic carbocycles. The Labute approximate surface area is 96.4 Å². The number of rotatable bonds is 3. The van der Waals surface area contributed by atoms with Crippen molar-refractivity contribution >= 4 is 12.1 Å². The number of ether oxygens (including phenoxy) is 1. The van der Waals surface area contributed by atoms with E-state index < -0.39 is 23.9 Å². The maximum atomic E-state index is 12.9. The van der Waals surface area contributed by atoms with Crippen molar-refractivity contribution in [2.75, 3.05) is 6.61 Å². The number of nitrogens with zero attached hydrogens (tertiary/aromatic N) is 1. The van der Waals surface area contributed by atoms with Gasteiger partial charge in [0.2, 0.25) is 0 Å². The zero-order valence-corrected chi connectivity index (χ0v) is 8.80. The highest BCUT2D eigenvalue weighted by Gasteiger charge is 2.37. The van der Waals surface area contributed by atoms with Gasteiger partial charge in [0, 0.05) is 0 Å². The molecule has 0 aromatic heterocycles. The summed E-state index contributed by atoms with van der Waals surface area (Å²) in [7, 11) is 0. The minimum Gasteiger partial charge on any atom is -0.480 e. The maximum absolute atomic E-state index is 12.9. The van der Waals surface area contributed by atoms with Gasteiger partial charge in [0.25, 0.3) is 0 Å². The first-order valence-electron chi connectivity index (χ1n) is 4.98. The number of amides is 1. The van der Waals surface area contributed by atoms with Crippen LogP contribution in [0.2, 0.25) is 0 Å². The molecule has 1 heterocycles. The zero-order chi connectivity index (χ0) is 12.4. The number of hydrogen-bond acceptors (Lipinski definition) is 3. The van der Waals surface area contributed by atoms with Crippen molar-refractivity contribution in [1.29, 1.82) is 0 Å². The van der Waals surface area contributed by atoms with Crippen LogP contribution >= 0.6 is 0 Å². The fourth-order valence-electron chi connectivity index (χ4n) is 1.66. The third-order valence-corrected chi connectivity index (χ3v) is 2.50. The summed E-state index contributed by atoms with van der Waals surface area (Å²) >= 11 is 0. The number of halogens is 1. The number of cyclic esters (lactones) is 1. The van der Waals surface area contributed by atoms with Gasteiger partial charge in [0.05, 0.1) is 6.54 Å². The lowest BCUT2D eigenvalue weighted by Crippen LogP contribution is -2.38. The second kappa shape index (κ2) is 4.40. The Balaban J connectivity index is 2.16. The van der Waals surface area contributed by atoms with E-state index in [1.807, 2.05) is 0 Å². The summed E-state index contributed by atoms with van der Waals surface area (Å²) in [6.45, 7) is -0.156. The molecule has 1 aromatic rings. The molecule has 0 radical (unpaired) electrons. The van der Waals surface area contributed by atoms with Crippen LogP contribution in [0.3, 0.4) is 0 Å². The Bertz CT molecular complexity index is 463. The predicted octanol–water partition coefficient (Wildman–Crippen LogP) is 1.23. The Hall–Kier alpha value is -2.11. The summed E-state index contributed by atoms with van der Waals surface area (Å²) in [5.74, 6) is -1.56. The van der Waals surface area contributed by atoms with Gasteiger partial charge in [-0.3, -0.25) is 4.90 Å². The van der Waals surface area contributed by atoms with Gasteiger partial charge in [-0.25, -0.2) is 14.0 Å². The number of carbonyl (C=O) groups excluding carboxylic acids is 1. The molecule has 1 aliphatic rings. The first-order chi connectivity index (χ1) is 8.08. The van der Waals surface area contributed by atoms with Crippen LogP contribution in [0.1, 0.15) is 5.56 Å². The molecule has 1 fully saturated rings. The minimum absolute atomic E-state index is 0.0214. The lowest BCUT2D eigenvalue weighted by atomic mass is 10.2. The van der Waals surface area contributed by atoms with Crippen LogP contribution in [0, 0.1) is 5.82 Å². The highest BCUT2D eigenvalue weighted by Crippen LogP contribution is 2.17. The molecule has 0 spiro atoms. The minimum atomic E-state index is -1.13. The number of aliphatic carboxylic acids is 1. The van der Waals surface area contributed by atoms with Crippen LogP contribution in [0.4, 0.5) is 9.18 Å². The first-order valence-corrected chi connectivity index (χ1v) is 4.98. The molecule has 1 atom stereocenters. The topological polar surface area (TPSA) is 66.8 Å². The zero-order valence-electron chi connectivity index (χ0n) is 8.80. The molecule has 17 heavy (non-hydrogen) atoms. The maximum Gasteiger partial charge on any atom is 0.411 e. The Morgan fingerprint density at radius 2 is 2.35 bits per heavy atom. The van der Waals surface area contributed by atoms with Crippen LogP contribution < -0.4 is 0 Å². The second-order valence-corrected chi connectivity index (χ2v) is 3.69. The first kappa shape index (κ1) is 11.4. The highest BCUT2D eigenvalue weighted by molar-refractivity contribution is 5.82. The standard InChI is InChI=1S/C11H10FNO4/c12-8-3-1-2-7(4-8)5-13-9(10(14)15)6-17-11(13)16/h1-4,9H,5-6H2,(H,14,15). The molecule has 1 aromatic carbocycles. The summed E-state index contributed by atoms with van der Waals surface area (Å²) in [6.07, 6.45) is -0.693. The van der Waals surface area contributed by atoms with E-state index in [1.54, 1.807) is 6.07 Å². The quantitative estimate of drug-likeness (QED) is 0.861.